The highest BCUT2D eigenvalue weighted by atomic mass is 79.9. The lowest BCUT2D eigenvalue weighted by atomic mass is 10.0. The molecule has 0 amide bonds. The first-order chi connectivity index (χ1) is 8.72. The number of hydrogen-bond donors (Lipinski definition) is 1. The molecule has 0 saturated heterocycles. The van der Waals surface area contributed by atoms with Gasteiger partial charge in [-0.15, -0.1) is 0 Å². The van der Waals surface area contributed by atoms with Crippen molar-refractivity contribution in [3.05, 3.63) is 28.7 Å². The Kier molecular flexibility index (Phi) is 5.39. The Bertz CT molecular complexity index is 407. The molecule has 0 aliphatic heterocycles. The summed E-state index contributed by atoms with van der Waals surface area (Å²) in [6.07, 6.45) is 5.85. The molecular formula is C14H20BrNOS. The minimum atomic E-state index is -0.920. The van der Waals surface area contributed by atoms with Crippen LogP contribution in [0, 0.1) is 5.92 Å². The van der Waals surface area contributed by atoms with Gasteiger partial charge in [-0.05, 0) is 49.6 Å². The van der Waals surface area contributed by atoms with E-state index in [2.05, 4.69) is 15.9 Å². The van der Waals surface area contributed by atoms with Crippen molar-refractivity contribution >= 4 is 26.7 Å². The first-order valence-corrected chi connectivity index (χ1v) is 8.59. The van der Waals surface area contributed by atoms with Gasteiger partial charge in [0.05, 0.1) is 10.8 Å². The van der Waals surface area contributed by atoms with Gasteiger partial charge in [0.1, 0.15) is 0 Å². The van der Waals surface area contributed by atoms with Gasteiger partial charge >= 0.3 is 0 Å². The van der Waals surface area contributed by atoms with Gasteiger partial charge in [0.15, 0.2) is 0 Å². The average Bonchev–Trinajstić information content (AvgIpc) is 2.63. The maximum absolute atomic E-state index is 12.7. The van der Waals surface area contributed by atoms with E-state index in [1.807, 2.05) is 24.3 Å². The Hall–Kier alpha value is -0.190. The normalized spacial score (nSPS) is 26.6. The fourth-order valence-electron chi connectivity index (χ4n) is 2.65. The molecule has 0 radical (unpaired) electrons. The minimum Gasteiger partial charge on any atom is -0.330 e. The van der Waals surface area contributed by atoms with Crippen LogP contribution in [-0.2, 0) is 10.8 Å². The predicted molar refractivity (Wildman–Crippen MR) is 80.0 cm³/mol. The number of nitrogens with two attached hydrogens (primary N) is 1. The van der Waals surface area contributed by atoms with Crippen molar-refractivity contribution < 1.29 is 4.21 Å². The Labute approximate surface area is 120 Å². The Morgan fingerprint density at radius 3 is 2.50 bits per heavy atom. The van der Waals surface area contributed by atoms with Crippen LogP contribution in [0.1, 0.15) is 32.1 Å². The Morgan fingerprint density at radius 1 is 1.17 bits per heavy atom. The van der Waals surface area contributed by atoms with Gasteiger partial charge < -0.3 is 5.73 Å². The number of rotatable bonds is 3. The highest BCUT2D eigenvalue weighted by molar-refractivity contribution is 9.10. The smallest absolute Gasteiger partial charge is 0.0564 e. The lowest BCUT2D eigenvalue weighted by molar-refractivity contribution is 0.473. The second-order valence-corrected chi connectivity index (χ2v) is 7.51. The number of benzene rings is 1. The molecule has 1 aliphatic rings. The summed E-state index contributed by atoms with van der Waals surface area (Å²) in [6.45, 7) is 0.660. The van der Waals surface area contributed by atoms with Gasteiger partial charge in [-0.1, -0.05) is 35.2 Å². The van der Waals surface area contributed by atoms with E-state index in [4.69, 9.17) is 5.73 Å². The second kappa shape index (κ2) is 6.83. The summed E-state index contributed by atoms with van der Waals surface area (Å²) in [5, 5.41) is 0.235. The van der Waals surface area contributed by atoms with Crippen LogP contribution < -0.4 is 5.73 Å². The molecule has 100 valence electrons. The summed E-state index contributed by atoms with van der Waals surface area (Å²) in [5.41, 5.74) is 5.86. The summed E-state index contributed by atoms with van der Waals surface area (Å²) in [5.74, 6) is 0.414. The maximum atomic E-state index is 12.7. The van der Waals surface area contributed by atoms with Crippen molar-refractivity contribution in [2.75, 3.05) is 6.54 Å². The van der Waals surface area contributed by atoms with E-state index in [0.29, 0.717) is 12.5 Å². The van der Waals surface area contributed by atoms with Crippen molar-refractivity contribution in [2.24, 2.45) is 11.7 Å². The molecule has 2 rings (SSSR count). The van der Waals surface area contributed by atoms with Gasteiger partial charge in [-0.25, -0.2) is 0 Å². The molecule has 3 unspecified atom stereocenters. The van der Waals surface area contributed by atoms with Gasteiger partial charge in [-0.3, -0.25) is 4.21 Å². The lowest BCUT2D eigenvalue weighted by Gasteiger charge is -2.23. The minimum absolute atomic E-state index is 0.235. The highest BCUT2D eigenvalue weighted by Crippen LogP contribution is 2.29. The van der Waals surface area contributed by atoms with E-state index >= 15 is 0 Å². The zero-order chi connectivity index (χ0) is 13.0. The van der Waals surface area contributed by atoms with E-state index in [9.17, 15) is 4.21 Å². The summed E-state index contributed by atoms with van der Waals surface area (Å²) in [7, 11) is -0.920. The van der Waals surface area contributed by atoms with Crippen LogP contribution in [0.25, 0.3) is 0 Å². The van der Waals surface area contributed by atoms with Gasteiger partial charge in [0.2, 0.25) is 0 Å². The summed E-state index contributed by atoms with van der Waals surface area (Å²) in [4.78, 5) is 0.934. The third kappa shape index (κ3) is 3.43. The monoisotopic (exact) mass is 329 g/mol. The number of halogens is 1. The first kappa shape index (κ1) is 14.2. The molecule has 0 heterocycles. The Morgan fingerprint density at radius 2 is 1.83 bits per heavy atom. The van der Waals surface area contributed by atoms with Crippen LogP contribution in [0.3, 0.4) is 0 Å². The largest absolute Gasteiger partial charge is 0.330 e. The van der Waals surface area contributed by atoms with Gasteiger partial charge in [0.25, 0.3) is 0 Å². The second-order valence-electron chi connectivity index (χ2n) is 4.92. The zero-order valence-corrected chi connectivity index (χ0v) is 12.9. The lowest BCUT2D eigenvalue weighted by Crippen LogP contribution is -2.30. The molecule has 1 fully saturated rings. The standard InChI is InChI=1S/C14H20BrNOS/c15-12-6-8-13(9-7-12)18(17)14-5-3-1-2-4-11(14)10-16/h6-9,11,14H,1-5,10,16H2. The van der Waals surface area contributed by atoms with E-state index in [1.165, 1.54) is 19.3 Å². The highest BCUT2D eigenvalue weighted by Gasteiger charge is 2.28. The summed E-state index contributed by atoms with van der Waals surface area (Å²) in [6, 6.07) is 7.83. The van der Waals surface area contributed by atoms with Gasteiger partial charge in [-0.2, -0.15) is 0 Å². The van der Waals surface area contributed by atoms with Crippen molar-refractivity contribution in [2.45, 2.75) is 42.2 Å². The van der Waals surface area contributed by atoms with Crippen molar-refractivity contribution in [3.8, 4) is 0 Å². The molecule has 4 heteroatoms. The van der Waals surface area contributed by atoms with Crippen LogP contribution >= 0.6 is 15.9 Å². The molecule has 18 heavy (non-hydrogen) atoms. The molecule has 0 bridgehead atoms. The van der Waals surface area contributed by atoms with Crippen LogP contribution in [-0.4, -0.2) is 16.0 Å². The predicted octanol–water partition coefficient (Wildman–Crippen LogP) is 3.46. The zero-order valence-electron chi connectivity index (χ0n) is 10.5. The van der Waals surface area contributed by atoms with E-state index in [0.717, 1.165) is 22.2 Å². The summed E-state index contributed by atoms with van der Waals surface area (Å²) >= 11 is 3.41. The molecule has 1 aliphatic carbocycles. The first-order valence-electron chi connectivity index (χ1n) is 6.58. The van der Waals surface area contributed by atoms with Crippen LogP contribution in [0.15, 0.2) is 33.6 Å². The Balaban J connectivity index is 2.17. The summed E-state index contributed by atoms with van der Waals surface area (Å²) < 4.78 is 13.7. The van der Waals surface area contributed by atoms with E-state index in [-0.39, 0.29) is 5.25 Å². The average molecular weight is 330 g/mol. The van der Waals surface area contributed by atoms with Crippen molar-refractivity contribution in [3.63, 3.8) is 0 Å². The third-order valence-corrected chi connectivity index (χ3v) is 6.15. The fourth-order valence-corrected chi connectivity index (χ4v) is 4.64. The van der Waals surface area contributed by atoms with Crippen molar-refractivity contribution in [1.82, 2.24) is 0 Å². The SMILES string of the molecule is NCC1CCCCCC1S(=O)c1ccc(Br)cc1. The van der Waals surface area contributed by atoms with Crippen molar-refractivity contribution in [1.29, 1.82) is 0 Å². The van der Waals surface area contributed by atoms with E-state index < -0.39 is 10.8 Å². The van der Waals surface area contributed by atoms with Gasteiger partial charge in [0, 0.05) is 14.6 Å². The van der Waals surface area contributed by atoms with Crippen LogP contribution in [0.4, 0.5) is 0 Å². The molecular weight excluding hydrogens is 310 g/mol. The molecule has 0 aromatic heterocycles. The third-order valence-electron chi connectivity index (χ3n) is 3.71. The maximum Gasteiger partial charge on any atom is 0.0564 e. The molecule has 2 N–H and O–H groups in total. The fraction of sp³-hybridized carbons (Fsp3) is 0.571. The molecule has 1 saturated carbocycles. The van der Waals surface area contributed by atoms with Crippen LogP contribution in [0.5, 0.6) is 0 Å². The molecule has 1 aromatic rings. The molecule has 3 atom stereocenters. The quantitative estimate of drug-likeness (QED) is 0.863. The molecule has 1 aromatic carbocycles. The molecule has 2 nitrogen and oxygen atoms in total. The number of hydrogen-bond acceptors (Lipinski definition) is 2. The molecule has 0 spiro atoms. The van der Waals surface area contributed by atoms with E-state index in [1.54, 1.807) is 0 Å². The van der Waals surface area contributed by atoms with Crippen LogP contribution in [0.2, 0.25) is 0 Å². The topological polar surface area (TPSA) is 43.1 Å².